The van der Waals surface area contributed by atoms with Crippen molar-refractivity contribution in [1.82, 2.24) is 25.3 Å². The molecule has 57 heavy (non-hydrogen) atoms. The number of amides is 8. The second-order valence-corrected chi connectivity index (χ2v) is 20.6. The number of carbonyl (C=O) groups excluding carboxylic acids is 5. The molecule has 17 nitrogen and oxygen atoms in total. The van der Waals surface area contributed by atoms with Crippen LogP contribution in [0.1, 0.15) is 74.1 Å². The van der Waals surface area contributed by atoms with Crippen molar-refractivity contribution in [3.05, 3.63) is 0 Å². The van der Waals surface area contributed by atoms with E-state index in [0.29, 0.717) is 64.5 Å². The smallest absolute Gasteiger partial charge is 0.377 e. The van der Waals surface area contributed by atoms with Gasteiger partial charge in [0.25, 0.3) is 0 Å². The molecule has 1 fully saturated rings. The first kappa shape index (κ1) is 59.4. The molecule has 1 saturated heterocycles. The summed E-state index contributed by atoms with van der Waals surface area (Å²) in [6.07, 6.45) is 7.11. The Morgan fingerprint density at radius 1 is 0.702 bits per heavy atom. The molecule has 0 radical (unpaired) electrons. The fourth-order valence-electron chi connectivity index (χ4n) is 4.64. The van der Waals surface area contributed by atoms with Crippen molar-refractivity contribution < 1.29 is 50.5 Å². The molecule has 0 saturated carbocycles. The number of primary amides is 1. The van der Waals surface area contributed by atoms with Crippen LogP contribution < -0.4 is 16.4 Å². The van der Waals surface area contributed by atoms with Gasteiger partial charge in [0.2, 0.25) is 11.8 Å². The van der Waals surface area contributed by atoms with Crippen molar-refractivity contribution in [2.24, 2.45) is 17.6 Å². The Bertz CT molecular complexity index is 1060. The third-order valence-electron chi connectivity index (χ3n) is 8.44. The molecule has 0 spiro atoms. The van der Waals surface area contributed by atoms with Gasteiger partial charge in [0.1, 0.15) is 0 Å². The molecule has 0 bridgehead atoms. The van der Waals surface area contributed by atoms with E-state index in [4.69, 9.17) is 32.3 Å². The Morgan fingerprint density at radius 3 is 1.49 bits per heavy atom. The number of carbonyl (C=O) groups is 5. The summed E-state index contributed by atoms with van der Waals surface area (Å²) in [5.74, 6) is 1.92. The Morgan fingerprint density at radius 2 is 1.14 bits per heavy atom. The summed E-state index contributed by atoms with van der Waals surface area (Å²) in [6, 6.07) is 0.732. The van der Waals surface area contributed by atoms with Gasteiger partial charge in [0, 0.05) is 117 Å². The molecule has 0 aromatic carbocycles. The van der Waals surface area contributed by atoms with E-state index in [0.717, 1.165) is 30.8 Å². The predicted octanol–water partition coefficient (Wildman–Crippen LogP) is 5.20. The summed E-state index contributed by atoms with van der Waals surface area (Å²) in [4.78, 5) is 60.6. The molecule has 4 N–H and O–H groups in total. The maximum atomic E-state index is 12.0. The van der Waals surface area contributed by atoms with Gasteiger partial charge in [-0.1, -0.05) is 27.7 Å². The van der Waals surface area contributed by atoms with Gasteiger partial charge < -0.3 is 47.8 Å². The number of hydrogen-bond acceptors (Lipinski definition) is 13. The first-order valence-corrected chi connectivity index (χ1v) is 26.3. The summed E-state index contributed by atoms with van der Waals surface area (Å²) < 4.78 is 33.2. The summed E-state index contributed by atoms with van der Waals surface area (Å²) in [7, 11) is 3.13. The van der Waals surface area contributed by atoms with Gasteiger partial charge in [-0.25, -0.2) is 24.2 Å². The Kier molecular flexibility index (Phi) is 37.4. The van der Waals surface area contributed by atoms with E-state index in [-0.39, 0.29) is 41.7 Å². The van der Waals surface area contributed by atoms with Gasteiger partial charge in [-0.2, -0.15) is 23.5 Å². The van der Waals surface area contributed by atoms with Crippen molar-refractivity contribution in [2.45, 2.75) is 86.2 Å². The second kappa shape index (κ2) is 35.9. The summed E-state index contributed by atoms with van der Waals surface area (Å²) in [6.45, 7) is 17.1. The number of urea groups is 3. The fourth-order valence-corrected chi connectivity index (χ4v) is 9.63. The molecular formula is C36H78N6O11S2Si2. The van der Waals surface area contributed by atoms with Gasteiger partial charge >= 0.3 is 35.7 Å². The monoisotopic (exact) mass is 890 g/mol. The van der Waals surface area contributed by atoms with Crippen LogP contribution in [0.2, 0.25) is 12.1 Å². The number of nitrogens with two attached hydrogens (primary N) is 1. The minimum Gasteiger partial charge on any atom is -0.377 e. The predicted molar refractivity (Wildman–Crippen MR) is 235 cm³/mol. The Balaban J connectivity index is -0.000000755. The molecule has 1 aliphatic rings. The molecule has 338 valence electrons. The minimum absolute atomic E-state index is 0.0417. The van der Waals surface area contributed by atoms with Crippen LogP contribution in [-0.4, -0.2) is 168 Å². The lowest BCUT2D eigenvalue weighted by molar-refractivity contribution is -0.132. The van der Waals surface area contributed by atoms with E-state index in [1.807, 2.05) is 61.0 Å². The molecular weight excluding hydrogens is 813 g/mol. The highest BCUT2D eigenvalue weighted by Crippen LogP contribution is 2.22. The lowest BCUT2D eigenvalue weighted by atomic mass is 10.1. The van der Waals surface area contributed by atoms with Gasteiger partial charge in [-0.3, -0.25) is 9.59 Å². The lowest BCUT2D eigenvalue weighted by Gasteiger charge is -2.39. The lowest BCUT2D eigenvalue weighted by Crippen LogP contribution is -2.64. The topological polar surface area (TPSA) is 201 Å². The van der Waals surface area contributed by atoms with E-state index in [2.05, 4.69) is 10.6 Å². The van der Waals surface area contributed by atoms with E-state index < -0.39 is 17.6 Å². The molecule has 0 aromatic rings. The van der Waals surface area contributed by atoms with Crippen molar-refractivity contribution >= 4 is 71.0 Å². The average Bonchev–Trinajstić information content (AvgIpc) is 3.20. The molecule has 1 aliphatic heterocycles. The molecule has 2 atom stereocenters. The fraction of sp³-hybridized carbons (Fsp3) is 0.861. The molecule has 8 amide bonds. The number of rotatable bonds is 27. The Labute approximate surface area is 354 Å². The highest BCUT2D eigenvalue weighted by Gasteiger charge is 2.45. The molecule has 1 rings (SSSR count). The summed E-state index contributed by atoms with van der Waals surface area (Å²) in [5.41, 5.74) is 4.91. The van der Waals surface area contributed by atoms with Gasteiger partial charge in [-0.15, -0.1) is 0 Å². The van der Waals surface area contributed by atoms with Crippen LogP contribution in [0, 0.1) is 11.8 Å². The van der Waals surface area contributed by atoms with E-state index in [1.54, 1.807) is 63.8 Å². The van der Waals surface area contributed by atoms with Crippen molar-refractivity contribution in [3.63, 3.8) is 0 Å². The van der Waals surface area contributed by atoms with Crippen LogP contribution in [0.15, 0.2) is 0 Å². The Hall–Kier alpha value is -1.96. The van der Waals surface area contributed by atoms with E-state index in [9.17, 15) is 24.0 Å². The molecule has 2 unspecified atom stereocenters. The summed E-state index contributed by atoms with van der Waals surface area (Å²) in [5, 5.41) is 5.55. The molecule has 0 aromatic heterocycles. The van der Waals surface area contributed by atoms with Crippen LogP contribution in [0.25, 0.3) is 0 Å². The first-order valence-electron chi connectivity index (χ1n) is 19.7. The largest absolute Gasteiger partial charge is 0.500 e. The van der Waals surface area contributed by atoms with E-state index >= 15 is 0 Å². The third kappa shape index (κ3) is 26.0. The number of nitrogens with zero attached hydrogens (tertiary/aromatic N) is 3. The zero-order chi connectivity index (χ0) is 44.5. The third-order valence-corrected chi connectivity index (χ3v) is 15.6. The van der Waals surface area contributed by atoms with Crippen LogP contribution >= 0.6 is 23.5 Å². The maximum absolute atomic E-state index is 12.0. The van der Waals surface area contributed by atoms with Crippen molar-refractivity contribution in [2.75, 3.05) is 105 Å². The summed E-state index contributed by atoms with van der Waals surface area (Å²) >= 11 is 3.31. The van der Waals surface area contributed by atoms with Crippen LogP contribution in [0.3, 0.4) is 0 Å². The zero-order valence-electron chi connectivity index (χ0n) is 37.5. The minimum atomic E-state index is -2.70. The van der Waals surface area contributed by atoms with Gasteiger partial charge in [0.15, 0.2) is 0 Å². The van der Waals surface area contributed by atoms with Crippen LogP contribution in [-0.2, 0) is 36.1 Å². The number of thioether (sulfide) groups is 2. The van der Waals surface area contributed by atoms with Crippen LogP contribution in [0.5, 0.6) is 0 Å². The van der Waals surface area contributed by atoms with Crippen LogP contribution in [0.4, 0.5) is 14.4 Å². The highest BCUT2D eigenvalue weighted by molar-refractivity contribution is 7.98. The average molecular weight is 891 g/mol. The normalized spacial score (nSPS) is 13.4. The SMILES string of the molecule is CCC(C)C(=O)N(C)C.CCC(C)C(N)=O.CCO[Si](CCCN1C(=O)N(CCSC)C1=O)(OCC)OCC.CO[Si](CCCNC(=O)NCCSC)(OC)OC. The standard InChI is InChI=1S/C14H28N2O5SSi.C10H24N2O4SSi.C7H15NO.C5H11NO/c1-5-19-23(20-6-2,21-7-3)12-8-9-15-13(17)16(14(15)18)10-11-22-4;1-14-18(15-2,16-3)9-5-6-11-10(13)12-7-8-17-4;1-5-6(2)7(9)8(3)4;1-3-4(2)5(6)7/h5-12H2,1-4H3;5-9H2,1-4H3,(H2,11,12,13);6H,5H2,1-4H3;4H,3H2,1-2H3,(H2,6,7). The van der Waals surface area contributed by atoms with Gasteiger partial charge in [-0.05, 0) is 59.0 Å². The van der Waals surface area contributed by atoms with Crippen molar-refractivity contribution in [1.29, 1.82) is 0 Å². The highest BCUT2D eigenvalue weighted by atomic mass is 32.2. The second-order valence-electron chi connectivity index (χ2n) is 12.8. The molecule has 1 heterocycles. The molecule has 0 aliphatic carbocycles. The first-order chi connectivity index (χ1) is 27.0. The zero-order valence-corrected chi connectivity index (χ0v) is 41.1. The van der Waals surface area contributed by atoms with E-state index in [1.165, 1.54) is 9.80 Å². The number of hydrogen-bond donors (Lipinski definition) is 3. The number of imide groups is 2. The number of nitrogens with one attached hydrogen (secondary N) is 2. The van der Waals surface area contributed by atoms with Gasteiger partial charge in [0.05, 0.1) is 0 Å². The van der Waals surface area contributed by atoms with Crippen molar-refractivity contribution in [3.8, 4) is 0 Å². The quantitative estimate of drug-likeness (QED) is 0.0719. The molecule has 21 heteroatoms. The maximum Gasteiger partial charge on any atom is 0.500 e.